The largest absolute Gasteiger partial charge is 0.492 e. The highest BCUT2D eigenvalue weighted by molar-refractivity contribution is 5.76. The Kier molecular flexibility index (Phi) is 8.45. The summed E-state index contributed by atoms with van der Waals surface area (Å²) < 4.78 is 11.2. The van der Waals surface area contributed by atoms with E-state index < -0.39 is 0 Å². The van der Waals surface area contributed by atoms with Crippen LogP contribution < -0.4 is 20.3 Å². The number of ether oxygens (including phenoxy) is 2. The average molecular weight is 425 g/mol. The monoisotopic (exact) mass is 424 g/mol. The van der Waals surface area contributed by atoms with Crippen molar-refractivity contribution in [3.05, 3.63) is 60.3 Å². The molecule has 0 unspecified atom stereocenters. The van der Waals surface area contributed by atoms with Gasteiger partial charge in [-0.1, -0.05) is 0 Å². The van der Waals surface area contributed by atoms with Gasteiger partial charge >= 0.3 is 0 Å². The zero-order valence-electron chi connectivity index (χ0n) is 17.6. The van der Waals surface area contributed by atoms with Gasteiger partial charge in [0.05, 0.1) is 18.9 Å². The molecule has 2 N–H and O–H groups in total. The minimum atomic E-state index is 0.617. The lowest BCUT2D eigenvalue weighted by Crippen LogP contribution is -2.38. The van der Waals surface area contributed by atoms with Crippen molar-refractivity contribution in [2.45, 2.75) is 0 Å². The van der Waals surface area contributed by atoms with Crippen LogP contribution in [0.1, 0.15) is 5.56 Å². The van der Waals surface area contributed by atoms with E-state index in [0.29, 0.717) is 30.8 Å². The highest BCUT2D eigenvalue weighted by Gasteiger charge is 2.10. The molecule has 2 aromatic carbocycles. The molecule has 0 aliphatic carbocycles. The second-order valence-electron chi connectivity index (χ2n) is 7.05. The quantitative estimate of drug-likeness (QED) is 0.538. The predicted octanol–water partition coefficient (Wildman–Crippen LogP) is 2.15. The normalized spacial score (nSPS) is 14.5. The van der Waals surface area contributed by atoms with Gasteiger partial charge in [-0.05, 0) is 54.1 Å². The predicted molar refractivity (Wildman–Crippen MR) is 121 cm³/mol. The number of hydrogen-bond donors (Lipinski definition) is 2. The molecule has 1 saturated heterocycles. The molecule has 0 bridgehead atoms. The van der Waals surface area contributed by atoms with E-state index in [1.807, 2.05) is 66.7 Å². The Hall–Kier alpha value is -3.36. The molecule has 0 aromatic heterocycles. The van der Waals surface area contributed by atoms with Crippen molar-refractivity contribution in [1.29, 1.82) is 0 Å². The van der Waals surface area contributed by atoms with Crippen molar-refractivity contribution < 1.29 is 19.1 Å². The van der Waals surface area contributed by atoms with Crippen molar-refractivity contribution in [2.75, 3.05) is 56.7 Å². The first-order chi connectivity index (χ1) is 15.2. The highest BCUT2D eigenvalue weighted by atomic mass is 16.5. The molecular weight excluding hydrogens is 396 g/mol. The standard InChI is InChI=1S/C23H28N4O4/c1-26(21-6-4-20(5-7-21)24-17-28)16-23(25-18-29)19-2-8-22(9-3-19)31-15-12-27-10-13-30-14-11-27/h2-9,16-18H,10-15H2,1H3,(H,24,28)(H,25,29)/b23-16-. The molecule has 0 atom stereocenters. The van der Waals surface area contributed by atoms with Gasteiger partial charge in [-0.15, -0.1) is 0 Å². The molecule has 0 spiro atoms. The molecule has 31 heavy (non-hydrogen) atoms. The molecule has 0 radical (unpaired) electrons. The average Bonchev–Trinajstić information content (AvgIpc) is 2.81. The van der Waals surface area contributed by atoms with Crippen LogP contribution >= 0.6 is 0 Å². The maximum Gasteiger partial charge on any atom is 0.211 e. The summed E-state index contributed by atoms with van der Waals surface area (Å²) in [6, 6.07) is 15.0. The summed E-state index contributed by atoms with van der Waals surface area (Å²) in [6.07, 6.45) is 3.13. The van der Waals surface area contributed by atoms with Crippen LogP contribution in [0.3, 0.4) is 0 Å². The van der Waals surface area contributed by atoms with Crippen molar-refractivity contribution in [3.8, 4) is 5.75 Å². The van der Waals surface area contributed by atoms with E-state index in [1.54, 1.807) is 0 Å². The van der Waals surface area contributed by atoms with Crippen LogP contribution in [0.15, 0.2) is 54.7 Å². The van der Waals surface area contributed by atoms with Crippen LogP contribution in [-0.2, 0) is 14.3 Å². The van der Waals surface area contributed by atoms with Crippen LogP contribution in [0, 0.1) is 0 Å². The third-order valence-electron chi connectivity index (χ3n) is 4.98. The molecule has 2 amide bonds. The Morgan fingerprint density at radius 2 is 1.77 bits per heavy atom. The summed E-state index contributed by atoms with van der Waals surface area (Å²) in [5.74, 6) is 0.786. The number of rotatable bonds is 11. The van der Waals surface area contributed by atoms with Crippen LogP contribution in [0.4, 0.5) is 11.4 Å². The first-order valence-corrected chi connectivity index (χ1v) is 10.2. The molecule has 3 rings (SSSR count). The third-order valence-corrected chi connectivity index (χ3v) is 4.98. The molecule has 2 aromatic rings. The summed E-state index contributed by atoms with van der Waals surface area (Å²) in [6.45, 7) is 4.93. The lowest BCUT2D eigenvalue weighted by Gasteiger charge is -2.26. The van der Waals surface area contributed by atoms with E-state index >= 15 is 0 Å². The maximum atomic E-state index is 11.1. The molecule has 0 saturated carbocycles. The smallest absolute Gasteiger partial charge is 0.211 e. The topological polar surface area (TPSA) is 83.1 Å². The fourth-order valence-electron chi connectivity index (χ4n) is 3.24. The van der Waals surface area contributed by atoms with Crippen molar-refractivity contribution in [2.24, 2.45) is 0 Å². The third kappa shape index (κ3) is 6.84. The first-order valence-electron chi connectivity index (χ1n) is 10.2. The van der Waals surface area contributed by atoms with Crippen molar-refractivity contribution in [1.82, 2.24) is 10.2 Å². The van der Waals surface area contributed by atoms with Gasteiger partial charge in [0.25, 0.3) is 0 Å². The van der Waals surface area contributed by atoms with Gasteiger partial charge in [-0.25, -0.2) is 0 Å². The van der Waals surface area contributed by atoms with E-state index in [4.69, 9.17) is 9.47 Å². The van der Waals surface area contributed by atoms with Gasteiger partial charge in [0.15, 0.2) is 0 Å². The number of carbonyl (C=O) groups is 2. The fraction of sp³-hybridized carbons (Fsp3) is 0.304. The summed E-state index contributed by atoms with van der Waals surface area (Å²) in [4.78, 5) is 25.9. The number of nitrogens with one attached hydrogen (secondary N) is 2. The maximum absolute atomic E-state index is 11.1. The van der Waals surface area contributed by atoms with Crippen LogP contribution in [0.25, 0.3) is 5.70 Å². The summed E-state index contributed by atoms with van der Waals surface area (Å²) in [5, 5.41) is 5.36. The Morgan fingerprint density at radius 3 is 2.42 bits per heavy atom. The van der Waals surface area contributed by atoms with Gasteiger partial charge in [-0.2, -0.15) is 0 Å². The number of anilines is 2. The molecule has 1 aliphatic heterocycles. The minimum Gasteiger partial charge on any atom is -0.492 e. The zero-order chi connectivity index (χ0) is 21.9. The number of carbonyl (C=O) groups excluding carboxylic acids is 2. The van der Waals surface area contributed by atoms with E-state index in [0.717, 1.165) is 49.8 Å². The molecular formula is C23H28N4O4. The van der Waals surface area contributed by atoms with E-state index in [1.165, 1.54) is 0 Å². The second-order valence-corrected chi connectivity index (χ2v) is 7.05. The minimum absolute atomic E-state index is 0.617. The van der Waals surface area contributed by atoms with Gasteiger partial charge < -0.3 is 25.0 Å². The number of morpholine rings is 1. The van der Waals surface area contributed by atoms with Gasteiger partial charge in [0.1, 0.15) is 12.4 Å². The van der Waals surface area contributed by atoms with Crippen molar-refractivity contribution in [3.63, 3.8) is 0 Å². The number of hydrogen-bond acceptors (Lipinski definition) is 6. The molecule has 8 heteroatoms. The highest BCUT2D eigenvalue weighted by Crippen LogP contribution is 2.21. The Balaban J connectivity index is 1.61. The first kappa shape index (κ1) is 22.3. The SMILES string of the molecule is CN(/C=C(\NC=O)c1ccc(OCCN2CCOCC2)cc1)c1ccc(NC=O)cc1. The molecule has 1 aliphatic rings. The second kappa shape index (κ2) is 11.7. The summed E-state index contributed by atoms with van der Waals surface area (Å²) >= 11 is 0. The number of nitrogens with zero attached hydrogens (tertiary/aromatic N) is 2. The molecule has 1 fully saturated rings. The summed E-state index contributed by atoms with van der Waals surface area (Å²) in [7, 11) is 1.89. The lowest BCUT2D eigenvalue weighted by molar-refractivity contribution is -0.108. The van der Waals surface area contributed by atoms with Crippen LogP contribution in [0.5, 0.6) is 5.75 Å². The Morgan fingerprint density at radius 1 is 1.06 bits per heavy atom. The zero-order valence-corrected chi connectivity index (χ0v) is 17.6. The van der Waals surface area contributed by atoms with Crippen LogP contribution in [-0.4, -0.2) is 64.2 Å². The molecule has 1 heterocycles. The molecule has 8 nitrogen and oxygen atoms in total. The number of amides is 2. The van der Waals surface area contributed by atoms with E-state index in [2.05, 4.69) is 15.5 Å². The molecule has 164 valence electrons. The number of benzene rings is 2. The van der Waals surface area contributed by atoms with E-state index in [-0.39, 0.29) is 0 Å². The van der Waals surface area contributed by atoms with E-state index in [9.17, 15) is 9.59 Å². The lowest BCUT2D eigenvalue weighted by atomic mass is 10.1. The van der Waals surface area contributed by atoms with Crippen LogP contribution in [0.2, 0.25) is 0 Å². The Bertz CT molecular complexity index is 862. The van der Waals surface area contributed by atoms with Crippen molar-refractivity contribution >= 4 is 29.9 Å². The fourth-order valence-corrected chi connectivity index (χ4v) is 3.24. The van der Waals surface area contributed by atoms with Gasteiger partial charge in [0, 0.05) is 44.3 Å². The van der Waals surface area contributed by atoms with Gasteiger partial charge in [-0.3, -0.25) is 14.5 Å². The van der Waals surface area contributed by atoms with Gasteiger partial charge in [0.2, 0.25) is 12.8 Å². The summed E-state index contributed by atoms with van der Waals surface area (Å²) in [5.41, 5.74) is 3.14. The Labute approximate surface area is 182 Å².